The number of aromatic nitrogens is 3. The van der Waals surface area contributed by atoms with Crippen molar-refractivity contribution in [2.45, 2.75) is 27.0 Å². The van der Waals surface area contributed by atoms with Gasteiger partial charge in [-0.3, -0.25) is 9.48 Å². The molecule has 0 saturated heterocycles. The fourth-order valence-corrected chi connectivity index (χ4v) is 2.84. The van der Waals surface area contributed by atoms with Gasteiger partial charge in [-0.2, -0.15) is 5.10 Å². The highest BCUT2D eigenvalue weighted by Crippen LogP contribution is 2.19. The highest BCUT2D eigenvalue weighted by Gasteiger charge is 2.20. The highest BCUT2D eigenvalue weighted by atomic mass is 16.5. The van der Waals surface area contributed by atoms with E-state index in [2.05, 4.69) is 10.1 Å². The molecule has 0 aliphatic rings. The molecule has 0 bridgehead atoms. The zero-order valence-corrected chi connectivity index (χ0v) is 16.7. The van der Waals surface area contributed by atoms with Gasteiger partial charge in [0.2, 0.25) is 5.89 Å². The molecule has 0 aliphatic heterocycles. The average Bonchev–Trinajstić information content (AvgIpc) is 3.26. The SMILES string of the molecule is COc1ccc(OCc2nc(C(=O)N(C)Cc3c(C)nn(C)c3C)co2)cc1. The quantitative estimate of drug-likeness (QED) is 0.623. The molecule has 1 amide bonds. The standard InChI is InChI=1S/C20H24N4O4/c1-13-17(14(2)24(4)22-13)10-23(3)20(25)18-11-28-19(21-18)12-27-16-8-6-15(26-5)7-9-16/h6-9,11H,10,12H2,1-5H3. The first-order valence-electron chi connectivity index (χ1n) is 8.84. The lowest BCUT2D eigenvalue weighted by molar-refractivity contribution is 0.0778. The maximum absolute atomic E-state index is 12.7. The summed E-state index contributed by atoms with van der Waals surface area (Å²) in [5.74, 6) is 1.52. The van der Waals surface area contributed by atoms with Crippen LogP contribution >= 0.6 is 0 Å². The van der Waals surface area contributed by atoms with Crippen molar-refractivity contribution in [3.63, 3.8) is 0 Å². The molecule has 0 atom stereocenters. The molecular formula is C20H24N4O4. The number of carbonyl (C=O) groups excluding carboxylic acids is 1. The molecular weight excluding hydrogens is 360 g/mol. The van der Waals surface area contributed by atoms with Crippen molar-refractivity contribution in [2.24, 2.45) is 7.05 Å². The number of benzene rings is 1. The molecule has 8 nitrogen and oxygen atoms in total. The van der Waals surface area contributed by atoms with Crippen LogP contribution < -0.4 is 9.47 Å². The summed E-state index contributed by atoms with van der Waals surface area (Å²) < 4.78 is 17.9. The largest absolute Gasteiger partial charge is 0.497 e. The number of hydrogen-bond acceptors (Lipinski definition) is 6. The predicted octanol–water partition coefficient (Wildman–Crippen LogP) is 2.88. The van der Waals surface area contributed by atoms with Gasteiger partial charge < -0.3 is 18.8 Å². The predicted molar refractivity (Wildman–Crippen MR) is 102 cm³/mol. The van der Waals surface area contributed by atoms with Crippen LogP contribution in [0.4, 0.5) is 0 Å². The molecule has 3 aromatic rings. The minimum absolute atomic E-state index is 0.129. The van der Waals surface area contributed by atoms with Crippen LogP contribution in [-0.2, 0) is 20.2 Å². The van der Waals surface area contributed by atoms with Crippen LogP contribution in [0.25, 0.3) is 0 Å². The molecule has 2 heterocycles. The smallest absolute Gasteiger partial charge is 0.275 e. The van der Waals surface area contributed by atoms with Gasteiger partial charge in [0, 0.05) is 31.9 Å². The van der Waals surface area contributed by atoms with Crippen molar-refractivity contribution in [3.8, 4) is 11.5 Å². The van der Waals surface area contributed by atoms with E-state index < -0.39 is 0 Å². The second-order valence-corrected chi connectivity index (χ2v) is 6.52. The second kappa shape index (κ2) is 8.16. The van der Waals surface area contributed by atoms with Crippen LogP contribution in [0.15, 0.2) is 34.9 Å². The number of methoxy groups -OCH3 is 1. The van der Waals surface area contributed by atoms with Gasteiger partial charge in [0.05, 0.1) is 12.8 Å². The van der Waals surface area contributed by atoms with E-state index in [0.29, 0.717) is 18.2 Å². The van der Waals surface area contributed by atoms with Gasteiger partial charge in [0.15, 0.2) is 12.3 Å². The minimum Gasteiger partial charge on any atom is -0.497 e. The Bertz CT molecular complexity index is 959. The summed E-state index contributed by atoms with van der Waals surface area (Å²) in [7, 11) is 5.23. The summed E-state index contributed by atoms with van der Waals surface area (Å²) in [5, 5.41) is 4.38. The Kier molecular flexibility index (Phi) is 5.67. The number of hydrogen-bond donors (Lipinski definition) is 0. The molecule has 0 radical (unpaired) electrons. The summed E-state index contributed by atoms with van der Waals surface area (Å²) in [5.41, 5.74) is 3.22. The first-order chi connectivity index (χ1) is 13.4. The fourth-order valence-electron chi connectivity index (χ4n) is 2.84. The number of carbonyl (C=O) groups is 1. The van der Waals surface area contributed by atoms with E-state index in [1.807, 2.05) is 25.6 Å². The summed E-state index contributed by atoms with van der Waals surface area (Å²) >= 11 is 0. The summed E-state index contributed by atoms with van der Waals surface area (Å²) in [6, 6.07) is 7.19. The zero-order chi connectivity index (χ0) is 20.3. The maximum Gasteiger partial charge on any atom is 0.275 e. The Morgan fingerprint density at radius 3 is 2.50 bits per heavy atom. The van der Waals surface area contributed by atoms with Crippen molar-refractivity contribution >= 4 is 5.91 Å². The summed E-state index contributed by atoms with van der Waals surface area (Å²) in [4.78, 5) is 18.5. The van der Waals surface area contributed by atoms with Crippen LogP contribution in [0, 0.1) is 13.8 Å². The fraction of sp³-hybridized carbons (Fsp3) is 0.350. The van der Waals surface area contributed by atoms with Crippen LogP contribution in [-0.4, -0.2) is 39.7 Å². The van der Waals surface area contributed by atoms with Crippen molar-refractivity contribution in [1.29, 1.82) is 0 Å². The second-order valence-electron chi connectivity index (χ2n) is 6.52. The van der Waals surface area contributed by atoms with Gasteiger partial charge in [0.25, 0.3) is 5.91 Å². The van der Waals surface area contributed by atoms with Gasteiger partial charge in [-0.25, -0.2) is 4.98 Å². The Labute approximate surface area is 163 Å². The molecule has 8 heteroatoms. The molecule has 0 N–H and O–H groups in total. The molecule has 0 fully saturated rings. The van der Waals surface area contributed by atoms with E-state index in [4.69, 9.17) is 13.9 Å². The van der Waals surface area contributed by atoms with Crippen LogP contribution in [0.5, 0.6) is 11.5 Å². The van der Waals surface area contributed by atoms with E-state index in [0.717, 1.165) is 22.7 Å². The van der Waals surface area contributed by atoms with Gasteiger partial charge in [-0.05, 0) is 38.1 Å². The number of ether oxygens (including phenoxy) is 2. The molecule has 148 valence electrons. The molecule has 2 aromatic heterocycles. The molecule has 28 heavy (non-hydrogen) atoms. The lowest BCUT2D eigenvalue weighted by Crippen LogP contribution is -2.27. The minimum atomic E-state index is -0.220. The first kappa shape index (κ1) is 19.5. The van der Waals surface area contributed by atoms with E-state index in [9.17, 15) is 4.79 Å². The Hall–Kier alpha value is -3.29. The zero-order valence-electron chi connectivity index (χ0n) is 16.7. The van der Waals surface area contributed by atoms with E-state index in [-0.39, 0.29) is 18.2 Å². The number of rotatable bonds is 7. The van der Waals surface area contributed by atoms with Crippen LogP contribution in [0.2, 0.25) is 0 Å². The van der Waals surface area contributed by atoms with E-state index in [1.165, 1.54) is 6.26 Å². The highest BCUT2D eigenvalue weighted by molar-refractivity contribution is 5.91. The van der Waals surface area contributed by atoms with Gasteiger partial charge in [-0.1, -0.05) is 0 Å². The third kappa shape index (κ3) is 4.16. The number of nitrogens with zero attached hydrogens (tertiary/aromatic N) is 4. The molecule has 0 saturated carbocycles. The molecule has 0 aliphatic carbocycles. The van der Waals surface area contributed by atoms with Crippen LogP contribution in [0.1, 0.15) is 33.3 Å². The molecule has 0 spiro atoms. The van der Waals surface area contributed by atoms with Crippen LogP contribution in [0.3, 0.4) is 0 Å². The molecule has 0 unspecified atom stereocenters. The Morgan fingerprint density at radius 1 is 1.21 bits per heavy atom. The van der Waals surface area contributed by atoms with E-state index >= 15 is 0 Å². The van der Waals surface area contributed by atoms with Gasteiger partial charge >= 0.3 is 0 Å². The molecule has 1 aromatic carbocycles. The lowest BCUT2D eigenvalue weighted by Gasteiger charge is -2.16. The van der Waals surface area contributed by atoms with Crippen molar-refractivity contribution in [3.05, 3.63) is 59.1 Å². The third-order valence-corrected chi connectivity index (χ3v) is 4.59. The number of amides is 1. The first-order valence-corrected chi connectivity index (χ1v) is 8.84. The maximum atomic E-state index is 12.7. The van der Waals surface area contributed by atoms with Gasteiger partial charge in [-0.15, -0.1) is 0 Å². The normalized spacial score (nSPS) is 10.8. The van der Waals surface area contributed by atoms with E-state index in [1.54, 1.807) is 43.3 Å². The number of aryl methyl sites for hydroxylation is 2. The van der Waals surface area contributed by atoms with Crippen molar-refractivity contribution < 1.29 is 18.7 Å². The van der Waals surface area contributed by atoms with Gasteiger partial charge in [0.1, 0.15) is 17.8 Å². The third-order valence-electron chi connectivity index (χ3n) is 4.59. The lowest BCUT2D eigenvalue weighted by atomic mass is 10.2. The number of oxazole rings is 1. The average molecular weight is 384 g/mol. The topological polar surface area (TPSA) is 82.6 Å². The molecule has 3 rings (SSSR count). The Balaban J connectivity index is 1.61. The summed E-state index contributed by atoms with van der Waals surface area (Å²) in [6.07, 6.45) is 1.36. The summed E-state index contributed by atoms with van der Waals surface area (Å²) in [6.45, 7) is 4.50. The monoisotopic (exact) mass is 384 g/mol. The Morgan fingerprint density at radius 2 is 1.89 bits per heavy atom. The van der Waals surface area contributed by atoms with Crippen molar-refractivity contribution in [1.82, 2.24) is 19.7 Å². The van der Waals surface area contributed by atoms with Crippen molar-refractivity contribution in [2.75, 3.05) is 14.2 Å².